The summed E-state index contributed by atoms with van der Waals surface area (Å²) in [6.07, 6.45) is 10.0. The smallest absolute Gasteiger partial charge is 0.178 e. The molecule has 9 heteroatoms. The molecule has 154 valence electrons. The molecule has 32 heavy (non-hydrogen) atoms. The second kappa shape index (κ2) is 7.02. The molecule has 0 aliphatic rings. The first-order valence-corrected chi connectivity index (χ1v) is 9.90. The van der Waals surface area contributed by atoms with E-state index in [4.69, 9.17) is 0 Å². The van der Waals surface area contributed by atoms with Crippen LogP contribution < -0.4 is 0 Å². The number of aryl methyl sites for hydroxylation is 1. The molecule has 0 spiro atoms. The second-order valence-corrected chi connectivity index (χ2v) is 7.36. The minimum absolute atomic E-state index is 0.219. The standard InChI is InChI=1S/C23H15FN8/c1-12-4-7-26-10-15(12)19-18(24)17-16(11-28-19)31-32-21(17)23-29-20-14(5-8-27-22(20)30-23)13-3-2-6-25-9-13/h2-11H,1H3,(H,31,32)(H,27,29,30). The van der Waals surface area contributed by atoms with Crippen LogP contribution in [0.4, 0.5) is 4.39 Å². The molecule has 0 radical (unpaired) electrons. The maximum absolute atomic E-state index is 15.7. The van der Waals surface area contributed by atoms with Crippen molar-refractivity contribution in [1.29, 1.82) is 0 Å². The van der Waals surface area contributed by atoms with Gasteiger partial charge in [-0.3, -0.25) is 20.1 Å². The Morgan fingerprint density at radius 2 is 1.78 bits per heavy atom. The lowest BCUT2D eigenvalue weighted by atomic mass is 10.1. The zero-order valence-corrected chi connectivity index (χ0v) is 16.8. The molecule has 0 bridgehead atoms. The molecule has 0 aromatic carbocycles. The second-order valence-electron chi connectivity index (χ2n) is 7.36. The van der Waals surface area contributed by atoms with Gasteiger partial charge >= 0.3 is 0 Å². The Hall–Kier alpha value is -4.53. The van der Waals surface area contributed by atoms with Gasteiger partial charge in [-0.2, -0.15) is 5.10 Å². The predicted octanol–water partition coefficient (Wildman–Crippen LogP) is 4.47. The van der Waals surface area contributed by atoms with Crippen LogP contribution in [0.25, 0.3) is 56.0 Å². The van der Waals surface area contributed by atoms with Gasteiger partial charge in [-0.1, -0.05) is 6.07 Å². The third-order valence-corrected chi connectivity index (χ3v) is 5.43. The van der Waals surface area contributed by atoms with Crippen molar-refractivity contribution < 1.29 is 4.39 Å². The minimum atomic E-state index is -0.483. The van der Waals surface area contributed by atoms with Gasteiger partial charge in [0.15, 0.2) is 17.3 Å². The number of pyridine rings is 4. The molecule has 0 amide bonds. The number of imidazole rings is 1. The largest absolute Gasteiger partial charge is 0.335 e. The van der Waals surface area contributed by atoms with Crippen LogP contribution in [0, 0.1) is 12.7 Å². The monoisotopic (exact) mass is 422 g/mol. The number of H-pyrrole nitrogens is 2. The summed E-state index contributed by atoms with van der Waals surface area (Å²) in [5.41, 5.74) is 5.62. The maximum Gasteiger partial charge on any atom is 0.178 e. The first kappa shape index (κ1) is 18.3. The molecule has 0 aliphatic heterocycles. The van der Waals surface area contributed by atoms with Gasteiger partial charge in [-0.05, 0) is 30.7 Å². The third-order valence-electron chi connectivity index (χ3n) is 5.43. The van der Waals surface area contributed by atoms with E-state index in [0.717, 1.165) is 22.2 Å². The fraction of sp³-hybridized carbons (Fsp3) is 0.0435. The molecule has 6 aromatic heterocycles. The van der Waals surface area contributed by atoms with Crippen molar-refractivity contribution in [3.05, 3.63) is 72.8 Å². The van der Waals surface area contributed by atoms with Crippen LogP contribution in [0.15, 0.2) is 61.4 Å². The quantitative estimate of drug-likeness (QED) is 0.436. The van der Waals surface area contributed by atoms with E-state index in [9.17, 15) is 0 Å². The van der Waals surface area contributed by atoms with E-state index in [-0.39, 0.29) is 5.69 Å². The van der Waals surface area contributed by atoms with E-state index in [0.29, 0.717) is 33.6 Å². The molecular formula is C23H15FN8. The van der Waals surface area contributed by atoms with Crippen molar-refractivity contribution in [2.24, 2.45) is 0 Å². The van der Waals surface area contributed by atoms with Gasteiger partial charge < -0.3 is 4.98 Å². The summed E-state index contributed by atoms with van der Waals surface area (Å²) < 4.78 is 15.7. The number of hydrogen-bond acceptors (Lipinski definition) is 6. The molecule has 0 fully saturated rings. The van der Waals surface area contributed by atoms with Gasteiger partial charge in [0.05, 0.1) is 22.6 Å². The summed E-state index contributed by atoms with van der Waals surface area (Å²) in [5.74, 6) is -0.0719. The molecule has 0 aliphatic carbocycles. The predicted molar refractivity (Wildman–Crippen MR) is 118 cm³/mol. The molecule has 2 N–H and O–H groups in total. The highest BCUT2D eigenvalue weighted by Gasteiger charge is 2.22. The SMILES string of the molecule is Cc1ccncc1-c1ncc2[nH]nc(-c3nc4nccc(-c5cccnc5)c4[nH]3)c2c1F. The fourth-order valence-electron chi connectivity index (χ4n) is 3.83. The average molecular weight is 422 g/mol. The lowest BCUT2D eigenvalue weighted by molar-refractivity contribution is 0.638. The van der Waals surface area contributed by atoms with Crippen LogP contribution in [-0.2, 0) is 0 Å². The van der Waals surface area contributed by atoms with Crippen molar-refractivity contribution in [2.75, 3.05) is 0 Å². The van der Waals surface area contributed by atoms with E-state index in [1.54, 1.807) is 37.2 Å². The zero-order chi connectivity index (χ0) is 21.7. The number of hydrogen-bond donors (Lipinski definition) is 2. The van der Waals surface area contributed by atoms with Crippen LogP contribution in [0.1, 0.15) is 5.56 Å². The molecule has 6 heterocycles. The number of halogens is 1. The van der Waals surface area contributed by atoms with Gasteiger partial charge in [-0.25, -0.2) is 14.4 Å². The Balaban J connectivity index is 1.56. The Labute approximate surface area is 180 Å². The summed E-state index contributed by atoms with van der Waals surface area (Å²) in [4.78, 5) is 24.8. The maximum atomic E-state index is 15.7. The molecule has 6 rings (SSSR count). The lowest BCUT2D eigenvalue weighted by Gasteiger charge is -2.06. The molecule has 0 saturated heterocycles. The summed E-state index contributed by atoms with van der Waals surface area (Å²) in [7, 11) is 0. The number of aromatic nitrogens is 8. The van der Waals surface area contributed by atoms with Crippen molar-refractivity contribution in [3.8, 4) is 33.9 Å². The Morgan fingerprint density at radius 3 is 2.62 bits per heavy atom. The van der Waals surface area contributed by atoms with Crippen molar-refractivity contribution >= 4 is 22.1 Å². The molecule has 0 saturated carbocycles. The lowest BCUT2D eigenvalue weighted by Crippen LogP contribution is -1.94. The number of fused-ring (bicyclic) bond motifs is 2. The first-order chi connectivity index (χ1) is 15.7. The van der Waals surface area contributed by atoms with Crippen molar-refractivity contribution in [3.63, 3.8) is 0 Å². The van der Waals surface area contributed by atoms with E-state index in [2.05, 4.69) is 40.1 Å². The van der Waals surface area contributed by atoms with Gasteiger partial charge in [0.2, 0.25) is 0 Å². The highest BCUT2D eigenvalue weighted by atomic mass is 19.1. The normalized spacial score (nSPS) is 11.4. The molecule has 6 aromatic rings. The van der Waals surface area contributed by atoms with E-state index >= 15 is 4.39 Å². The first-order valence-electron chi connectivity index (χ1n) is 9.90. The number of rotatable bonds is 3. The van der Waals surface area contributed by atoms with Crippen molar-refractivity contribution in [1.82, 2.24) is 40.1 Å². The number of aromatic amines is 2. The third kappa shape index (κ3) is 2.75. The summed E-state index contributed by atoms with van der Waals surface area (Å²) in [6, 6.07) is 7.53. The zero-order valence-electron chi connectivity index (χ0n) is 16.8. The van der Waals surface area contributed by atoms with Crippen LogP contribution in [-0.4, -0.2) is 40.1 Å². The summed E-state index contributed by atoms with van der Waals surface area (Å²) in [5, 5.41) is 7.49. The highest BCUT2D eigenvalue weighted by Crippen LogP contribution is 2.34. The molecule has 8 nitrogen and oxygen atoms in total. The Bertz CT molecular complexity index is 1600. The molecular weight excluding hydrogens is 407 g/mol. The number of nitrogens with one attached hydrogen (secondary N) is 2. The molecule has 0 atom stereocenters. The highest BCUT2D eigenvalue weighted by molar-refractivity contribution is 5.97. The topological polar surface area (TPSA) is 109 Å². The van der Waals surface area contributed by atoms with Gasteiger partial charge in [-0.15, -0.1) is 0 Å². The van der Waals surface area contributed by atoms with E-state index < -0.39 is 5.82 Å². The number of nitrogens with zero attached hydrogens (tertiary/aromatic N) is 6. The summed E-state index contributed by atoms with van der Waals surface area (Å²) >= 11 is 0. The Morgan fingerprint density at radius 1 is 0.875 bits per heavy atom. The van der Waals surface area contributed by atoms with Gasteiger partial charge in [0.1, 0.15) is 11.4 Å². The van der Waals surface area contributed by atoms with E-state index in [1.807, 2.05) is 31.2 Å². The average Bonchev–Trinajstić information content (AvgIpc) is 3.45. The van der Waals surface area contributed by atoms with Crippen LogP contribution in [0.3, 0.4) is 0 Å². The van der Waals surface area contributed by atoms with Crippen LogP contribution in [0.2, 0.25) is 0 Å². The van der Waals surface area contributed by atoms with Crippen LogP contribution >= 0.6 is 0 Å². The Kier molecular flexibility index (Phi) is 4.00. The fourth-order valence-corrected chi connectivity index (χ4v) is 3.83. The summed E-state index contributed by atoms with van der Waals surface area (Å²) in [6.45, 7) is 1.89. The minimum Gasteiger partial charge on any atom is -0.335 e. The van der Waals surface area contributed by atoms with Crippen LogP contribution in [0.5, 0.6) is 0 Å². The van der Waals surface area contributed by atoms with Crippen molar-refractivity contribution in [2.45, 2.75) is 6.92 Å². The molecule has 0 unspecified atom stereocenters. The van der Waals surface area contributed by atoms with Gasteiger partial charge in [0, 0.05) is 47.7 Å². The van der Waals surface area contributed by atoms with Gasteiger partial charge in [0.25, 0.3) is 0 Å². The van der Waals surface area contributed by atoms with E-state index in [1.165, 1.54) is 0 Å².